The summed E-state index contributed by atoms with van der Waals surface area (Å²) in [7, 11) is 0. The summed E-state index contributed by atoms with van der Waals surface area (Å²) in [5.74, 6) is -0.795. The normalized spacial score (nSPS) is 10.2. The van der Waals surface area contributed by atoms with Crippen molar-refractivity contribution in [3.63, 3.8) is 0 Å². The highest BCUT2D eigenvalue weighted by Crippen LogP contribution is 2.16. The number of pyridine rings is 1. The van der Waals surface area contributed by atoms with Gasteiger partial charge in [0.15, 0.2) is 0 Å². The van der Waals surface area contributed by atoms with Gasteiger partial charge in [-0.2, -0.15) is 5.26 Å². The summed E-state index contributed by atoms with van der Waals surface area (Å²) in [4.78, 5) is 37.8. The maximum atomic E-state index is 12.7. The number of aryl methyl sites for hydroxylation is 2. The largest absolute Gasteiger partial charge is 0.348 e. The van der Waals surface area contributed by atoms with E-state index < -0.39 is 11.5 Å². The van der Waals surface area contributed by atoms with Crippen LogP contribution in [0, 0.1) is 25.2 Å². The lowest BCUT2D eigenvalue weighted by Crippen LogP contribution is -2.32. The van der Waals surface area contributed by atoms with Crippen LogP contribution in [0.5, 0.6) is 0 Å². The summed E-state index contributed by atoms with van der Waals surface area (Å²) in [5, 5.41) is 14.7. The average molecular weight is 414 g/mol. The van der Waals surface area contributed by atoms with E-state index in [0.717, 1.165) is 5.56 Å². The number of rotatable bonds is 6. The van der Waals surface area contributed by atoms with Crippen molar-refractivity contribution in [2.45, 2.75) is 26.9 Å². The van der Waals surface area contributed by atoms with Crippen molar-refractivity contribution in [2.24, 2.45) is 0 Å². The van der Waals surface area contributed by atoms with E-state index in [1.807, 2.05) is 36.4 Å². The number of hydrogen-bond donors (Lipinski definition) is 2. The lowest BCUT2D eigenvalue weighted by atomic mass is 10.1. The quantitative estimate of drug-likeness (QED) is 0.647. The summed E-state index contributed by atoms with van der Waals surface area (Å²) in [6.45, 7) is 3.48. The van der Waals surface area contributed by atoms with E-state index in [-0.39, 0.29) is 18.0 Å². The van der Waals surface area contributed by atoms with Gasteiger partial charge in [-0.3, -0.25) is 14.4 Å². The van der Waals surface area contributed by atoms with Gasteiger partial charge < -0.3 is 15.2 Å². The van der Waals surface area contributed by atoms with Crippen molar-refractivity contribution in [3.05, 3.63) is 99.0 Å². The first kappa shape index (κ1) is 21.5. The fourth-order valence-corrected chi connectivity index (χ4v) is 3.26. The van der Waals surface area contributed by atoms with Crippen LogP contribution in [0.15, 0.2) is 65.5 Å². The van der Waals surface area contributed by atoms with Crippen LogP contribution in [0.25, 0.3) is 0 Å². The van der Waals surface area contributed by atoms with Gasteiger partial charge in [0.1, 0.15) is 18.2 Å². The minimum Gasteiger partial charge on any atom is -0.348 e. The highest BCUT2D eigenvalue weighted by atomic mass is 16.2. The zero-order valence-electron chi connectivity index (χ0n) is 17.3. The molecule has 2 N–H and O–H groups in total. The molecule has 3 aromatic rings. The summed E-state index contributed by atoms with van der Waals surface area (Å²) < 4.78 is 1.25. The Hall–Kier alpha value is -4.18. The van der Waals surface area contributed by atoms with Crippen LogP contribution in [-0.2, 0) is 17.9 Å². The molecule has 2 amide bonds. The number of nitrogens with zero attached hydrogens (tertiary/aromatic N) is 2. The molecule has 156 valence electrons. The van der Waals surface area contributed by atoms with Gasteiger partial charge in [0, 0.05) is 12.2 Å². The number of anilines is 1. The maximum absolute atomic E-state index is 12.7. The third-order valence-electron chi connectivity index (χ3n) is 4.86. The van der Waals surface area contributed by atoms with Gasteiger partial charge in [0.25, 0.3) is 11.5 Å². The Bertz CT molecular complexity index is 1220. The van der Waals surface area contributed by atoms with Gasteiger partial charge >= 0.3 is 0 Å². The third-order valence-corrected chi connectivity index (χ3v) is 4.86. The molecule has 0 aliphatic heterocycles. The minimum absolute atomic E-state index is 0.0130. The van der Waals surface area contributed by atoms with Crippen molar-refractivity contribution in [1.29, 1.82) is 5.26 Å². The number of nitriles is 1. The lowest BCUT2D eigenvalue weighted by molar-refractivity contribution is -0.116. The predicted molar refractivity (Wildman–Crippen MR) is 118 cm³/mol. The molecule has 0 aliphatic carbocycles. The number of aromatic nitrogens is 1. The van der Waals surface area contributed by atoms with E-state index in [4.69, 9.17) is 0 Å². The van der Waals surface area contributed by atoms with E-state index >= 15 is 0 Å². The number of carbonyl (C=O) groups is 2. The summed E-state index contributed by atoms with van der Waals surface area (Å²) >= 11 is 0. The molecule has 1 aromatic heterocycles. The molecule has 31 heavy (non-hydrogen) atoms. The Balaban J connectivity index is 1.75. The topological polar surface area (TPSA) is 104 Å². The van der Waals surface area contributed by atoms with Crippen LogP contribution in [0.3, 0.4) is 0 Å². The second-order valence-electron chi connectivity index (χ2n) is 7.11. The van der Waals surface area contributed by atoms with Gasteiger partial charge in [-0.05, 0) is 43.2 Å². The van der Waals surface area contributed by atoms with Crippen molar-refractivity contribution < 1.29 is 9.59 Å². The van der Waals surface area contributed by atoms with E-state index in [1.54, 1.807) is 44.2 Å². The number of nitrogens with one attached hydrogen (secondary N) is 2. The molecular weight excluding hydrogens is 392 g/mol. The number of carbonyl (C=O) groups excluding carboxylic acids is 2. The second kappa shape index (κ2) is 9.55. The van der Waals surface area contributed by atoms with E-state index in [2.05, 4.69) is 10.6 Å². The molecule has 0 atom stereocenters. The van der Waals surface area contributed by atoms with Gasteiger partial charge in [0.2, 0.25) is 5.91 Å². The molecule has 0 fully saturated rings. The molecule has 1 heterocycles. The van der Waals surface area contributed by atoms with Crippen molar-refractivity contribution in [1.82, 2.24) is 9.88 Å². The number of amides is 2. The summed E-state index contributed by atoms with van der Waals surface area (Å²) in [6, 6.07) is 19.7. The molecule has 2 aromatic carbocycles. The van der Waals surface area contributed by atoms with Crippen LogP contribution in [-0.4, -0.2) is 16.4 Å². The van der Waals surface area contributed by atoms with Crippen LogP contribution in [0.2, 0.25) is 0 Å². The molecule has 7 heteroatoms. The maximum Gasteiger partial charge on any atom is 0.269 e. The number of benzene rings is 2. The molecule has 0 bridgehead atoms. The smallest absolute Gasteiger partial charge is 0.269 e. The zero-order valence-corrected chi connectivity index (χ0v) is 17.3. The molecular formula is C24H22N4O3. The Kier molecular flexibility index (Phi) is 6.63. The van der Waals surface area contributed by atoms with E-state index in [1.165, 1.54) is 4.57 Å². The van der Waals surface area contributed by atoms with Crippen molar-refractivity contribution >= 4 is 17.5 Å². The van der Waals surface area contributed by atoms with Gasteiger partial charge in [-0.25, -0.2) is 0 Å². The fraction of sp³-hybridized carbons (Fsp3) is 0.167. The van der Waals surface area contributed by atoms with Gasteiger partial charge in [-0.15, -0.1) is 0 Å². The fourth-order valence-electron chi connectivity index (χ4n) is 3.26. The van der Waals surface area contributed by atoms with Crippen LogP contribution >= 0.6 is 0 Å². The first-order valence-electron chi connectivity index (χ1n) is 9.73. The van der Waals surface area contributed by atoms with Gasteiger partial charge in [-0.1, -0.05) is 42.5 Å². The highest BCUT2D eigenvalue weighted by molar-refractivity contribution is 6.03. The first-order chi connectivity index (χ1) is 14.9. The molecule has 0 aliphatic rings. The SMILES string of the molecule is Cc1cc(C)n(CC(=O)Nc2ccccc2C(=O)NCc2ccccc2)c(=O)c1C#N. The number of hydrogen-bond acceptors (Lipinski definition) is 4. The Labute approximate surface area is 180 Å². The third kappa shape index (κ3) is 5.06. The van der Waals surface area contributed by atoms with Crippen molar-refractivity contribution in [3.8, 4) is 6.07 Å². The molecule has 0 unspecified atom stereocenters. The molecule has 0 saturated heterocycles. The Morgan fingerprint density at radius 1 is 1.03 bits per heavy atom. The summed E-state index contributed by atoms with van der Waals surface area (Å²) in [5.41, 5.74) is 2.27. The molecule has 0 radical (unpaired) electrons. The van der Waals surface area contributed by atoms with E-state index in [0.29, 0.717) is 29.1 Å². The standard InChI is InChI=1S/C24H22N4O3/c1-16-12-17(2)28(24(31)20(16)13-25)15-22(29)27-21-11-7-6-10-19(21)23(30)26-14-18-8-4-3-5-9-18/h3-12H,14-15H2,1-2H3,(H,26,30)(H,27,29). The average Bonchev–Trinajstić information content (AvgIpc) is 2.76. The predicted octanol–water partition coefficient (Wildman–Crippen LogP) is 2.91. The monoisotopic (exact) mass is 414 g/mol. The molecule has 3 rings (SSSR count). The molecule has 0 saturated carbocycles. The van der Waals surface area contributed by atoms with Crippen molar-refractivity contribution in [2.75, 3.05) is 5.32 Å². The van der Waals surface area contributed by atoms with Crippen LogP contribution < -0.4 is 16.2 Å². The Morgan fingerprint density at radius 2 is 1.71 bits per heavy atom. The summed E-state index contributed by atoms with van der Waals surface area (Å²) in [6.07, 6.45) is 0. The van der Waals surface area contributed by atoms with Crippen LogP contribution in [0.1, 0.15) is 32.7 Å². The van der Waals surface area contributed by atoms with E-state index in [9.17, 15) is 19.6 Å². The first-order valence-corrected chi connectivity index (χ1v) is 9.73. The second-order valence-corrected chi connectivity index (χ2v) is 7.11. The number of para-hydroxylation sites is 1. The Morgan fingerprint density at radius 3 is 2.42 bits per heavy atom. The minimum atomic E-state index is -0.510. The highest BCUT2D eigenvalue weighted by Gasteiger charge is 2.16. The lowest BCUT2D eigenvalue weighted by Gasteiger charge is -2.14. The molecule has 7 nitrogen and oxygen atoms in total. The molecule has 0 spiro atoms. The zero-order chi connectivity index (χ0) is 22.4. The van der Waals surface area contributed by atoms with Crippen LogP contribution in [0.4, 0.5) is 5.69 Å². The van der Waals surface area contributed by atoms with Gasteiger partial charge in [0.05, 0.1) is 11.3 Å².